The van der Waals surface area contributed by atoms with Gasteiger partial charge in [0, 0.05) is 6.61 Å². The molecule has 2 heterocycles. The molecule has 0 radical (unpaired) electrons. The highest BCUT2D eigenvalue weighted by molar-refractivity contribution is 4.61. The predicted octanol–water partition coefficient (Wildman–Crippen LogP) is 0.918. The molecule has 0 spiro atoms. The zero-order chi connectivity index (χ0) is 9.36. The van der Waals surface area contributed by atoms with E-state index in [2.05, 4.69) is 5.32 Å². The Balaban J connectivity index is 0.000000132. The molecule has 0 aromatic rings. The molecular weight excluding hydrogens is 166 g/mol. The molecular formula is C10H21NO2. The zero-order valence-corrected chi connectivity index (χ0v) is 8.30. The summed E-state index contributed by atoms with van der Waals surface area (Å²) in [7, 11) is 0. The van der Waals surface area contributed by atoms with Gasteiger partial charge in [0.25, 0.3) is 0 Å². The SMILES string of the molecule is C1CCNCC1.OCC1CCCO1. The van der Waals surface area contributed by atoms with Gasteiger partial charge in [-0.3, -0.25) is 0 Å². The highest BCUT2D eigenvalue weighted by Crippen LogP contribution is 2.09. The van der Waals surface area contributed by atoms with Crippen LogP contribution in [0, 0.1) is 0 Å². The van der Waals surface area contributed by atoms with E-state index in [1.54, 1.807) is 0 Å². The predicted molar refractivity (Wildman–Crippen MR) is 52.8 cm³/mol. The first kappa shape index (κ1) is 11.0. The Kier molecular flexibility index (Phi) is 6.15. The molecule has 0 aliphatic carbocycles. The summed E-state index contributed by atoms with van der Waals surface area (Å²) in [6.07, 6.45) is 6.52. The van der Waals surface area contributed by atoms with Gasteiger partial charge in [-0.1, -0.05) is 6.42 Å². The third kappa shape index (κ3) is 5.24. The lowest BCUT2D eigenvalue weighted by atomic mass is 10.2. The van der Waals surface area contributed by atoms with Crippen molar-refractivity contribution in [3.63, 3.8) is 0 Å². The topological polar surface area (TPSA) is 41.5 Å². The maximum atomic E-state index is 8.44. The lowest BCUT2D eigenvalue weighted by Gasteiger charge is -2.08. The molecule has 2 aliphatic heterocycles. The monoisotopic (exact) mass is 187 g/mol. The van der Waals surface area contributed by atoms with Crippen molar-refractivity contribution in [1.29, 1.82) is 0 Å². The van der Waals surface area contributed by atoms with Crippen LogP contribution in [0.3, 0.4) is 0 Å². The van der Waals surface area contributed by atoms with Gasteiger partial charge in [0.05, 0.1) is 12.7 Å². The van der Waals surface area contributed by atoms with Crippen LogP contribution in [0.2, 0.25) is 0 Å². The number of aliphatic hydroxyl groups is 1. The second-order valence-corrected chi connectivity index (χ2v) is 3.63. The minimum atomic E-state index is 0.153. The van der Waals surface area contributed by atoms with Crippen molar-refractivity contribution in [2.75, 3.05) is 26.3 Å². The first-order valence-electron chi connectivity index (χ1n) is 5.36. The van der Waals surface area contributed by atoms with Crippen LogP contribution in [-0.2, 0) is 4.74 Å². The molecule has 0 amide bonds. The van der Waals surface area contributed by atoms with E-state index in [1.165, 1.54) is 32.4 Å². The molecule has 2 fully saturated rings. The van der Waals surface area contributed by atoms with E-state index in [0.29, 0.717) is 0 Å². The number of hydrogen-bond acceptors (Lipinski definition) is 3. The summed E-state index contributed by atoms with van der Waals surface area (Å²) in [4.78, 5) is 0. The van der Waals surface area contributed by atoms with E-state index in [4.69, 9.17) is 9.84 Å². The van der Waals surface area contributed by atoms with Crippen molar-refractivity contribution < 1.29 is 9.84 Å². The number of nitrogens with one attached hydrogen (secondary N) is 1. The fraction of sp³-hybridized carbons (Fsp3) is 1.00. The first-order chi connectivity index (χ1) is 6.43. The van der Waals surface area contributed by atoms with Crippen LogP contribution in [0.5, 0.6) is 0 Å². The second kappa shape index (κ2) is 7.30. The zero-order valence-electron chi connectivity index (χ0n) is 8.30. The molecule has 0 aromatic heterocycles. The van der Waals surface area contributed by atoms with Crippen LogP contribution < -0.4 is 5.32 Å². The molecule has 2 N–H and O–H groups in total. The minimum Gasteiger partial charge on any atom is -0.394 e. The summed E-state index contributed by atoms with van der Waals surface area (Å²) >= 11 is 0. The van der Waals surface area contributed by atoms with E-state index < -0.39 is 0 Å². The van der Waals surface area contributed by atoms with Crippen molar-refractivity contribution in [1.82, 2.24) is 5.32 Å². The quantitative estimate of drug-likeness (QED) is 0.641. The fourth-order valence-corrected chi connectivity index (χ4v) is 1.59. The maximum Gasteiger partial charge on any atom is 0.0806 e. The molecule has 0 aromatic carbocycles. The van der Waals surface area contributed by atoms with Crippen LogP contribution >= 0.6 is 0 Å². The number of aliphatic hydroxyl groups excluding tert-OH is 1. The lowest BCUT2D eigenvalue weighted by Crippen LogP contribution is -2.21. The summed E-state index contributed by atoms with van der Waals surface area (Å²) in [6.45, 7) is 3.53. The molecule has 2 saturated heterocycles. The Hall–Kier alpha value is -0.120. The summed E-state index contributed by atoms with van der Waals surface area (Å²) in [5, 5.41) is 11.7. The second-order valence-electron chi connectivity index (χ2n) is 3.63. The molecule has 0 saturated carbocycles. The number of piperidine rings is 1. The third-order valence-corrected chi connectivity index (χ3v) is 2.43. The first-order valence-corrected chi connectivity index (χ1v) is 5.36. The summed E-state index contributed by atoms with van der Waals surface area (Å²) in [5.74, 6) is 0. The van der Waals surface area contributed by atoms with Gasteiger partial charge in [-0.05, 0) is 38.8 Å². The molecule has 3 heteroatoms. The highest BCUT2D eigenvalue weighted by Gasteiger charge is 2.12. The average Bonchev–Trinajstić information content (AvgIpc) is 2.74. The number of hydrogen-bond donors (Lipinski definition) is 2. The third-order valence-electron chi connectivity index (χ3n) is 2.43. The van der Waals surface area contributed by atoms with E-state index in [0.717, 1.165) is 19.4 Å². The summed E-state index contributed by atoms with van der Waals surface area (Å²) < 4.78 is 5.05. The van der Waals surface area contributed by atoms with Gasteiger partial charge in [0.15, 0.2) is 0 Å². The molecule has 78 valence electrons. The van der Waals surface area contributed by atoms with E-state index in [9.17, 15) is 0 Å². The fourth-order valence-electron chi connectivity index (χ4n) is 1.59. The Morgan fingerprint density at radius 3 is 2.15 bits per heavy atom. The van der Waals surface area contributed by atoms with E-state index in [1.807, 2.05) is 0 Å². The number of ether oxygens (including phenoxy) is 1. The smallest absolute Gasteiger partial charge is 0.0806 e. The maximum absolute atomic E-state index is 8.44. The highest BCUT2D eigenvalue weighted by atomic mass is 16.5. The standard InChI is InChI=1S/C5H11N.C5H10O2/c1-2-4-6-5-3-1;6-4-5-2-1-3-7-5/h6H,1-5H2;5-6H,1-4H2. The van der Waals surface area contributed by atoms with Crippen molar-refractivity contribution in [2.24, 2.45) is 0 Å². The van der Waals surface area contributed by atoms with Gasteiger partial charge in [0.1, 0.15) is 0 Å². The molecule has 13 heavy (non-hydrogen) atoms. The Labute approximate surface area is 80.5 Å². The Bertz CT molecular complexity index is 98.0. The van der Waals surface area contributed by atoms with Crippen molar-refractivity contribution in [2.45, 2.75) is 38.2 Å². The average molecular weight is 187 g/mol. The van der Waals surface area contributed by atoms with Gasteiger partial charge >= 0.3 is 0 Å². The largest absolute Gasteiger partial charge is 0.394 e. The molecule has 3 nitrogen and oxygen atoms in total. The van der Waals surface area contributed by atoms with Crippen molar-refractivity contribution in [3.8, 4) is 0 Å². The van der Waals surface area contributed by atoms with E-state index in [-0.39, 0.29) is 12.7 Å². The van der Waals surface area contributed by atoms with E-state index >= 15 is 0 Å². The van der Waals surface area contributed by atoms with Crippen molar-refractivity contribution >= 4 is 0 Å². The molecule has 1 unspecified atom stereocenters. The summed E-state index contributed by atoms with van der Waals surface area (Å²) in [5.41, 5.74) is 0. The lowest BCUT2D eigenvalue weighted by molar-refractivity contribution is 0.0591. The normalized spacial score (nSPS) is 27.9. The van der Waals surface area contributed by atoms with Crippen LogP contribution in [-0.4, -0.2) is 37.5 Å². The van der Waals surface area contributed by atoms with Crippen LogP contribution in [0.25, 0.3) is 0 Å². The van der Waals surface area contributed by atoms with Gasteiger partial charge in [0.2, 0.25) is 0 Å². The summed E-state index contributed by atoms with van der Waals surface area (Å²) in [6, 6.07) is 0. The van der Waals surface area contributed by atoms with Crippen LogP contribution in [0.1, 0.15) is 32.1 Å². The van der Waals surface area contributed by atoms with Gasteiger partial charge in [-0.2, -0.15) is 0 Å². The van der Waals surface area contributed by atoms with Crippen LogP contribution in [0.4, 0.5) is 0 Å². The Morgan fingerprint density at radius 1 is 1.15 bits per heavy atom. The molecule has 1 atom stereocenters. The van der Waals surface area contributed by atoms with Gasteiger partial charge in [-0.25, -0.2) is 0 Å². The van der Waals surface area contributed by atoms with Gasteiger partial charge < -0.3 is 15.2 Å². The molecule has 2 aliphatic rings. The Morgan fingerprint density at radius 2 is 1.92 bits per heavy atom. The van der Waals surface area contributed by atoms with Crippen LogP contribution in [0.15, 0.2) is 0 Å². The number of rotatable bonds is 1. The van der Waals surface area contributed by atoms with Gasteiger partial charge in [-0.15, -0.1) is 0 Å². The minimum absolute atomic E-state index is 0.153. The molecule has 0 bridgehead atoms. The van der Waals surface area contributed by atoms with Crippen molar-refractivity contribution in [3.05, 3.63) is 0 Å². The molecule has 2 rings (SSSR count).